The van der Waals surface area contributed by atoms with Gasteiger partial charge in [0.15, 0.2) is 0 Å². The molecule has 2 aromatic carbocycles. The number of carbonyl (C=O) groups excluding carboxylic acids is 2. The van der Waals surface area contributed by atoms with Gasteiger partial charge in [-0.25, -0.2) is 0 Å². The standard InChI is InChI=1S/C17H20N2O2/c1-3-18-16(20)12-19(4-2)17(21)15-11-7-9-13-8-5-6-10-14(13)15/h5-11H,3-4,12H2,1-2H3,(H,18,20). The number of hydrogen-bond acceptors (Lipinski definition) is 2. The molecule has 0 aromatic heterocycles. The summed E-state index contributed by atoms with van der Waals surface area (Å²) >= 11 is 0. The smallest absolute Gasteiger partial charge is 0.254 e. The quantitative estimate of drug-likeness (QED) is 0.916. The van der Waals surface area contributed by atoms with E-state index < -0.39 is 0 Å². The van der Waals surface area contributed by atoms with Crippen molar-refractivity contribution >= 4 is 22.6 Å². The molecule has 0 unspecified atom stereocenters. The Bertz CT molecular complexity index is 647. The van der Waals surface area contributed by atoms with Crippen LogP contribution >= 0.6 is 0 Å². The second-order valence-corrected chi connectivity index (χ2v) is 4.80. The van der Waals surface area contributed by atoms with E-state index in [0.29, 0.717) is 18.7 Å². The summed E-state index contributed by atoms with van der Waals surface area (Å²) in [5, 5.41) is 4.66. The van der Waals surface area contributed by atoms with E-state index in [2.05, 4.69) is 5.32 Å². The number of hydrogen-bond donors (Lipinski definition) is 1. The van der Waals surface area contributed by atoms with Crippen LogP contribution in [0.25, 0.3) is 10.8 Å². The van der Waals surface area contributed by atoms with Gasteiger partial charge in [0.25, 0.3) is 5.91 Å². The maximum absolute atomic E-state index is 12.7. The minimum absolute atomic E-state index is 0.0897. The fraction of sp³-hybridized carbons (Fsp3) is 0.294. The molecule has 21 heavy (non-hydrogen) atoms. The Morgan fingerprint density at radius 2 is 1.76 bits per heavy atom. The number of rotatable bonds is 5. The van der Waals surface area contributed by atoms with Crippen LogP contribution < -0.4 is 5.32 Å². The van der Waals surface area contributed by atoms with Gasteiger partial charge in [0.05, 0.1) is 6.54 Å². The van der Waals surface area contributed by atoms with Crippen molar-refractivity contribution in [2.45, 2.75) is 13.8 Å². The fourth-order valence-electron chi connectivity index (χ4n) is 2.34. The lowest BCUT2D eigenvalue weighted by Gasteiger charge is -2.21. The van der Waals surface area contributed by atoms with Gasteiger partial charge < -0.3 is 10.2 Å². The van der Waals surface area contributed by atoms with Gasteiger partial charge in [-0.1, -0.05) is 36.4 Å². The molecule has 0 saturated heterocycles. The van der Waals surface area contributed by atoms with Gasteiger partial charge in [0, 0.05) is 18.7 Å². The molecule has 0 atom stereocenters. The molecule has 0 heterocycles. The van der Waals surface area contributed by atoms with Crippen LogP contribution in [0.15, 0.2) is 42.5 Å². The molecule has 2 rings (SSSR count). The number of nitrogens with one attached hydrogen (secondary N) is 1. The van der Waals surface area contributed by atoms with Crippen molar-refractivity contribution < 1.29 is 9.59 Å². The summed E-state index contributed by atoms with van der Waals surface area (Å²) < 4.78 is 0. The third-order valence-electron chi connectivity index (χ3n) is 3.40. The van der Waals surface area contributed by atoms with Crippen molar-refractivity contribution in [2.24, 2.45) is 0 Å². The number of nitrogens with zero attached hydrogens (tertiary/aromatic N) is 1. The molecule has 0 radical (unpaired) electrons. The van der Waals surface area contributed by atoms with Crippen molar-refractivity contribution in [3.63, 3.8) is 0 Å². The summed E-state index contributed by atoms with van der Waals surface area (Å²) in [5.41, 5.74) is 0.638. The first-order valence-corrected chi connectivity index (χ1v) is 7.21. The van der Waals surface area contributed by atoms with Crippen molar-refractivity contribution in [2.75, 3.05) is 19.6 Å². The molecule has 2 amide bonds. The van der Waals surface area contributed by atoms with Gasteiger partial charge in [0.1, 0.15) is 0 Å². The molecule has 0 saturated carbocycles. The van der Waals surface area contributed by atoms with Crippen LogP contribution in [0.5, 0.6) is 0 Å². The molecule has 2 aromatic rings. The number of likely N-dealkylation sites (N-methyl/N-ethyl adjacent to an activating group) is 2. The van der Waals surface area contributed by atoms with Crippen LogP contribution in [0.2, 0.25) is 0 Å². The van der Waals surface area contributed by atoms with E-state index >= 15 is 0 Å². The SMILES string of the molecule is CCNC(=O)CN(CC)C(=O)c1cccc2ccccc12. The zero-order valence-electron chi connectivity index (χ0n) is 12.4. The third-order valence-corrected chi connectivity index (χ3v) is 3.40. The minimum Gasteiger partial charge on any atom is -0.355 e. The number of amides is 2. The molecule has 0 aliphatic heterocycles. The lowest BCUT2D eigenvalue weighted by atomic mass is 10.0. The highest BCUT2D eigenvalue weighted by Crippen LogP contribution is 2.19. The summed E-state index contributed by atoms with van der Waals surface area (Å²) in [6.45, 7) is 4.90. The van der Waals surface area contributed by atoms with Crippen molar-refractivity contribution in [1.29, 1.82) is 0 Å². The van der Waals surface area contributed by atoms with Crippen molar-refractivity contribution in [3.8, 4) is 0 Å². The van der Waals surface area contributed by atoms with Crippen LogP contribution in [-0.4, -0.2) is 36.3 Å². The predicted octanol–water partition coefficient (Wildman–Crippen LogP) is 2.44. The number of carbonyl (C=O) groups is 2. The zero-order valence-corrected chi connectivity index (χ0v) is 12.4. The lowest BCUT2D eigenvalue weighted by Crippen LogP contribution is -2.40. The molecule has 4 nitrogen and oxygen atoms in total. The highest BCUT2D eigenvalue weighted by Gasteiger charge is 2.18. The Hall–Kier alpha value is -2.36. The molecule has 0 aliphatic rings. The van der Waals surface area contributed by atoms with E-state index in [1.807, 2.05) is 56.3 Å². The van der Waals surface area contributed by atoms with E-state index in [1.54, 1.807) is 4.90 Å². The fourth-order valence-corrected chi connectivity index (χ4v) is 2.34. The first-order chi connectivity index (χ1) is 10.2. The number of benzene rings is 2. The topological polar surface area (TPSA) is 49.4 Å². The van der Waals surface area contributed by atoms with Crippen LogP contribution in [0.1, 0.15) is 24.2 Å². The molecular weight excluding hydrogens is 264 g/mol. The zero-order chi connectivity index (χ0) is 15.2. The second kappa shape index (κ2) is 6.88. The molecule has 4 heteroatoms. The molecule has 0 aliphatic carbocycles. The highest BCUT2D eigenvalue weighted by atomic mass is 16.2. The van der Waals surface area contributed by atoms with E-state index in [0.717, 1.165) is 10.8 Å². The Morgan fingerprint density at radius 1 is 1.05 bits per heavy atom. The summed E-state index contributed by atoms with van der Waals surface area (Å²) in [4.78, 5) is 25.9. The van der Waals surface area contributed by atoms with Gasteiger partial charge in [-0.05, 0) is 30.7 Å². The lowest BCUT2D eigenvalue weighted by molar-refractivity contribution is -0.121. The van der Waals surface area contributed by atoms with Crippen molar-refractivity contribution in [1.82, 2.24) is 10.2 Å². The summed E-state index contributed by atoms with van der Waals surface area (Å²) in [7, 11) is 0. The Labute approximate surface area is 124 Å². The largest absolute Gasteiger partial charge is 0.355 e. The second-order valence-electron chi connectivity index (χ2n) is 4.80. The summed E-state index contributed by atoms with van der Waals surface area (Å²) in [6, 6.07) is 13.4. The molecule has 0 bridgehead atoms. The molecule has 0 fully saturated rings. The van der Waals surface area contributed by atoms with Gasteiger partial charge in [0.2, 0.25) is 5.91 Å². The van der Waals surface area contributed by atoms with E-state index in [4.69, 9.17) is 0 Å². The Balaban J connectivity index is 2.29. The number of fused-ring (bicyclic) bond motifs is 1. The van der Waals surface area contributed by atoms with Crippen molar-refractivity contribution in [3.05, 3.63) is 48.0 Å². The van der Waals surface area contributed by atoms with E-state index in [9.17, 15) is 9.59 Å². The summed E-state index contributed by atoms with van der Waals surface area (Å²) in [6.07, 6.45) is 0. The normalized spacial score (nSPS) is 10.4. The molecular formula is C17H20N2O2. The molecule has 110 valence electrons. The minimum atomic E-state index is -0.132. The first kappa shape index (κ1) is 15.0. The van der Waals surface area contributed by atoms with E-state index in [1.165, 1.54) is 0 Å². The molecule has 0 spiro atoms. The third kappa shape index (κ3) is 3.40. The van der Waals surface area contributed by atoms with Crippen LogP contribution in [0.4, 0.5) is 0 Å². The van der Waals surface area contributed by atoms with Crippen LogP contribution in [-0.2, 0) is 4.79 Å². The van der Waals surface area contributed by atoms with E-state index in [-0.39, 0.29) is 18.4 Å². The Morgan fingerprint density at radius 3 is 2.48 bits per heavy atom. The first-order valence-electron chi connectivity index (χ1n) is 7.21. The Kier molecular flexibility index (Phi) is 4.93. The van der Waals surface area contributed by atoms with Gasteiger partial charge >= 0.3 is 0 Å². The average molecular weight is 284 g/mol. The monoisotopic (exact) mass is 284 g/mol. The molecule has 1 N–H and O–H groups in total. The van der Waals surface area contributed by atoms with Crippen LogP contribution in [0.3, 0.4) is 0 Å². The average Bonchev–Trinajstić information content (AvgIpc) is 2.51. The summed E-state index contributed by atoms with van der Waals surface area (Å²) in [5.74, 6) is -0.242. The van der Waals surface area contributed by atoms with Crippen LogP contribution in [0, 0.1) is 0 Å². The maximum Gasteiger partial charge on any atom is 0.254 e. The predicted molar refractivity (Wildman–Crippen MR) is 84.2 cm³/mol. The van der Waals surface area contributed by atoms with Gasteiger partial charge in [-0.3, -0.25) is 9.59 Å². The van der Waals surface area contributed by atoms with Gasteiger partial charge in [-0.2, -0.15) is 0 Å². The highest BCUT2D eigenvalue weighted by molar-refractivity contribution is 6.07. The van der Waals surface area contributed by atoms with Gasteiger partial charge in [-0.15, -0.1) is 0 Å². The maximum atomic E-state index is 12.7.